The average molecular weight is 221 g/mol. The van der Waals surface area contributed by atoms with Gasteiger partial charge in [-0.05, 0) is 32.2 Å². The number of nitriles is 1. The van der Waals surface area contributed by atoms with E-state index in [1.54, 1.807) is 0 Å². The van der Waals surface area contributed by atoms with Gasteiger partial charge in [-0.1, -0.05) is 0 Å². The van der Waals surface area contributed by atoms with E-state index >= 15 is 0 Å². The van der Waals surface area contributed by atoms with Crippen LogP contribution in [0.1, 0.15) is 32.1 Å². The Hall–Kier alpha value is -1.08. The molecule has 1 spiro atoms. The number of hydrogen-bond acceptors (Lipinski definition) is 3. The third-order valence-electron chi connectivity index (χ3n) is 3.81. The van der Waals surface area contributed by atoms with Crippen LogP contribution >= 0.6 is 0 Å². The van der Waals surface area contributed by atoms with E-state index in [-0.39, 0.29) is 12.3 Å². The van der Waals surface area contributed by atoms with E-state index in [2.05, 4.69) is 5.32 Å². The van der Waals surface area contributed by atoms with Gasteiger partial charge in [0, 0.05) is 25.0 Å². The fourth-order valence-electron chi connectivity index (χ4n) is 2.98. The molecule has 1 amide bonds. The summed E-state index contributed by atoms with van der Waals surface area (Å²) in [6.07, 6.45) is 4.76. The summed E-state index contributed by atoms with van der Waals surface area (Å²) in [5, 5.41) is 12.0. The third kappa shape index (κ3) is 2.35. The van der Waals surface area contributed by atoms with E-state index in [0.717, 1.165) is 32.6 Å². The molecule has 16 heavy (non-hydrogen) atoms. The Kier molecular flexibility index (Phi) is 3.45. The van der Waals surface area contributed by atoms with Crippen molar-refractivity contribution in [3.8, 4) is 6.07 Å². The Morgan fingerprint density at radius 3 is 2.94 bits per heavy atom. The number of carbonyl (C=O) groups excluding carboxylic acids is 1. The van der Waals surface area contributed by atoms with Gasteiger partial charge in [-0.25, -0.2) is 0 Å². The normalized spacial score (nSPS) is 30.1. The first-order valence-corrected chi connectivity index (χ1v) is 6.11. The monoisotopic (exact) mass is 221 g/mol. The molecular weight excluding hydrogens is 202 g/mol. The molecule has 2 saturated heterocycles. The van der Waals surface area contributed by atoms with Crippen molar-refractivity contribution in [2.24, 2.45) is 5.41 Å². The molecule has 4 heteroatoms. The zero-order chi connectivity index (χ0) is 11.4. The molecule has 2 rings (SSSR count). The zero-order valence-corrected chi connectivity index (χ0v) is 9.67. The van der Waals surface area contributed by atoms with Gasteiger partial charge in [0.05, 0.1) is 6.07 Å². The number of hydrogen-bond donors (Lipinski definition) is 1. The van der Waals surface area contributed by atoms with Crippen LogP contribution in [0.25, 0.3) is 0 Å². The number of nitrogens with zero attached hydrogens (tertiary/aromatic N) is 2. The second kappa shape index (κ2) is 4.84. The molecular formula is C12H19N3O. The third-order valence-corrected chi connectivity index (χ3v) is 3.81. The Morgan fingerprint density at radius 2 is 2.25 bits per heavy atom. The summed E-state index contributed by atoms with van der Waals surface area (Å²) >= 11 is 0. The van der Waals surface area contributed by atoms with E-state index in [1.807, 2.05) is 11.0 Å². The first kappa shape index (κ1) is 11.4. The van der Waals surface area contributed by atoms with Crippen LogP contribution in [-0.4, -0.2) is 37.0 Å². The molecule has 88 valence electrons. The van der Waals surface area contributed by atoms with E-state index in [4.69, 9.17) is 5.26 Å². The maximum Gasteiger partial charge on any atom is 0.236 e. The van der Waals surface area contributed by atoms with E-state index < -0.39 is 0 Å². The number of likely N-dealkylation sites (tertiary alicyclic amines) is 1. The summed E-state index contributed by atoms with van der Waals surface area (Å²) in [6.45, 7) is 3.82. The maximum atomic E-state index is 11.7. The smallest absolute Gasteiger partial charge is 0.236 e. The van der Waals surface area contributed by atoms with Crippen LogP contribution in [0.4, 0.5) is 0 Å². The summed E-state index contributed by atoms with van der Waals surface area (Å²) in [5.74, 6) is 0.00662. The van der Waals surface area contributed by atoms with Gasteiger partial charge < -0.3 is 10.2 Å². The maximum absolute atomic E-state index is 11.7. The number of nitrogens with one attached hydrogen (secondary N) is 1. The number of amides is 1. The van der Waals surface area contributed by atoms with Crippen LogP contribution in [0.2, 0.25) is 0 Å². The van der Waals surface area contributed by atoms with E-state index in [0.29, 0.717) is 5.41 Å². The minimum Gasteiger partial charge on any atom is -0.341 e. The van der Waals surface area contributed by atoms with Crippen LogP contribution in [-0.2, 0) is 4.79 Å². The van der Waals surface area contributed by atoms with E-state index in [9.17, 15) is 4.79 Å². The SMILES string of the molecule is N#CCC(=O)N1CCCC2(CCCNC2)C1. The molecule has 4 nitrogen and oxygen atoms in total. The van der Waals surface area contributed by atoms with E-state index in [1.165, 1.54) is 19.3 Å². The van der Waals surface area contributed by atoms with Crippen molar-refractivity contribution < 1.29 is 4.79 Å². The minimum atomic E-state index is 0.00662. The summed E-state index contributed by atoms with van der Waals surface area (Å²) in [5.41, 5.74) is 0.293. The number of rotatable bonds is 1. The number of piperidine rings is 2. The van der Waals surface area contributed by atoms with Crippen molar-refractivity contribution in [2.75, 3.05) is 26.2 Å². The summed E-state index contributed by atoms with van der Waals surface area (Å²) in [6, 6.07) is 1.95. The van der Waals surface area contributed by atoms with Crippen LogP contribution in [0.15, 0.2) is 0 Å². The van der Waals surface area contributed by atoms with Crippen LogP contribution in [0.5, 0.6) is 0 Å². The largest absolute Gasteiger partial charge is 0.341 e. The Bertz CT molecular complexity index is 296. The molecule has 0 aromatic rings. The summed E-state index contributed by atoms with van der Waals surface area (Å²) in [4.78, 5) is 13.6. The number of carbonyl (C=O) groups is 1. The Morgan fingerprint density at radius 1 is 1.44 bits per heavy atom. The molecule has 0 aliphatic carbocycles. The van der Waals surface area contributed by atoms with Gasteiger partial charge >= 0.3 is 0 Å². The molecule has 2 aliphatic rings. The fourth-order valence-corrected chi connectivity index (χ4v) is 2.98. The van der Waals surface area contributed by atoms with Gasteiger partial charge in [0.1, 0.15) is 6.42 Å². The van der Waals surface area contributed by atoms with Gasteiger partial charge in [0.2, 0.25) is 5.91 Å². The van der Waals surface area contributed by atoms with Gasteiger partial charge in [-0.15, -0.1) is 0 Å². The highest BCUT2D eigenvalue weighted by atomic mass is 16.2. The highest BCUT2D eigenvalue weighted by Gasteiger charge is 2.37. The summed E-state index contributed by atoms with van der Waals surface area (Å²) in [7, 11) is 0. The lowest BCUT2D eigenvalue weighted by Gasteiger charge is -2.45. The van der Waals surface area contributed by atoms with Crippen LogP contribution in [0, 0.1) is 16.7 Å². The lowest BCUT2D eigenvalue weighted by molar-refractivity contribution is -0.134. The topological polar surface area (TPSA) is 56.1 Å². The molecule has 0 saturated carbocycles. The zero-order valence-electron chi connectivity index (χ0n) is 9.67. The fraction of sp³-hybridized carbons (Fsp3) is 0.833. The molecule has 0 aromatic carbocycles. The molecule has 1 N–H and O–H groups in total. The van der Waals surface area contributed by atoms with Gasteiger partial charge in [-0.2, -0.15) is 5.26 Å². The highest BCUT2D eigenvalue weighted by Crippen LogP contribution is 2.35. The molecule has 2 fully saturated rings. The predicted octanol–water partition coefficient (Wildman–Crippen LogP) is 0.892. The van der Waals surface area contributed by atoms with Gasteiger partial charge in [0.15, 0.2) is 0 Å². The first-order valence-electron chi connectivity index (χ1n) is 6.11. The van der Waals surface area contributed by atoms with Crippen molar-refractivity contribution in [3.63, 3.8) is 0 Å². The van der Waals surface area contributed by atoms with Gasteiger partial charge in [0.25, 0.3) is 0 Å². The van der Waals surface area contributed by atoms with Gasteiger partial charge in [-0.3, -0.25) is 4.79 Å². The van der Waals surface area contributed by atoms with Crippen molar-refractivity contribution in [1.82, 2.24) is 10.2 Å². The molecule has 1 unspecified atom stereocenters. The molecule has 1 atom stereocenters. The van der Waals surface area contributed by atoms with Crippen LogP contribution < -0.4 is 5.32 Å². The molecule has 0 bridgehead atoms. The minimum absolute atomic E-state index is 0.00662. The Balaban J connectivity index is 1.98. The standard InChI is InChI=1S/C12H19N3O/c13-6-3-11(16)15-8-2-5-12(10-15)4-1-7-14-9-12/h14H,1-5,7-10H2. The molecule has 2 heterocycles. The summed E-state index contributed by atoms with van der Waals surface area (Å²) < 4.78 is 0. The molecule has 0 aromatic heterocycles. The highest BCUT2D eigenvalue weighted by molar-refractivity contribution is 5.78. The second-order valence-electron chi connectivity index (χ2n) is 5.03. The lowest BCUT2D eigenvalue weighted by atomic mass is 9.74. The lowest BCUT2D eigenvalue weighted by Crippen LogP contribution is -2.52. The quantitative estimate of drug-likeness (QED) is 0.715. The first-order chi connectivity index (χ1) is 7.76. The molecule has 0 radical (unpaired) electrons. The van der Waals surface area contributed by atoms with Crippen molar-refractivity contribution in [1.29, 1.82) is 5.26 Å². The average Bonchev–Trinajstić information content (AvgIpc) is 2.30. The second-order valence-corrected chi connectivity index (χ2v) is 5.03. The van der Waals surface area contributed by atoms with Crippen molar-refractivity contribution in [3.05, 3.63) is 0 Å². The van der Waals surface area contributed by atoms with Crippen molar-refractivity contribution in [2.45, 2.75) is 32.1 Å². The predicted molar refractivity (Wildman–Crippen MR) is 60.6 cm³/mol. The van der Waals surface area contributed by atoms with Crippen LogP contribution in [0.3, 0.4) is 0 Å². The molecule has 2 aliphatic heterocycles. The Labute approximate surface area is 96.6 Å². The van der Waals surface area contributed by atoms with Crippen molar-refractivity contribution >= 4 is 5.91 Å².